The lowest BCUT2D eigenvalue weighted by Gasteiger charge is -2.14. The van der Waals surface area contributed by atoms with Crippen LogP contribution in [-0.2, 0) is 0 Å². The monoisotopic (exact) mass is 459 g/mol. The highest BCUT2D eigenvalue weighted by molar-refractivity contribution is 8.23. The predicted molar refractivity (Wildman–Crippen MR) is 126 cm³/mol. The lowest BCUT2D eigenvalue weighted by Crippen LogP contribution is -2.41. The number of hydrogen-bond donors (Lipinski definition) is 4. The zero-order valence-corrected chi connectivity index (χ0v) is 19.6. The SMILES string of the molecule is CCCSC(=S)NNC(=O)c1cc(C(=O)NNC(=S)SCCC)c(C)nc1C. The minimum Gasteiger partial charge on any atom is -0.283 e. The summed E-state index contributed by atoms with van der Waals surface area (Å²) in [6.07, 6.45) is 1.96. The molecule has 0 spiro atoms. The van der Waals surface area contributed by atoms with Crippen molar-refractivity contribution < 1.29 is 9.59 Å². The molecule has 0 unspecified atom stereocenters. The molecular weight excluding hydrogens is 434 g/mol. The van der Waals surface area contributed by atoms with Gasteiger partial charge < -0.3 is 0 Å². The fourth-order valence-electron chi connectivity index (χ4n) is 2.00. The maximum absolute atomic E-state index is 12.5. The summed E-state index contributed by atoms with van der Waals surface area (Å²) in [6, 6.07) is 1.51. The number of aromatic nitrogens is 1. The van der Waals surface area contributed by atoms with Gasteiger partial charge in [-0.1, -0.05) is 61.8 Å². The number of carbonyl (C=O) groups excluding carboxylic acids is 2. The van der Waals surface area contributed by atoms with E-state index in [1.807, 2.05) is 13.8 Å². The Bertz CT molecular complexity index is 685. The lowest BCUT2D eigenvalue weighted by atomic mass is 10.1. The molecule has 2 amide bonds. The predicted octanol–water partition coefficient (Wildman–Crippen LogP) is 3.02. The lowest BCUT2D eigenvalue weighted by molar-refractivity contribution is 0.0943. The van der Waals surface area contributed by atoms with E-state index in [1.165, 1.54) is 29.6 Å². The molecule has 0 fully saturated rings. The van der Waals surface area contributed by atoms with Crippen molar-refractivity contribution in [3.8, 4) is 0 Å². The Morgan fingerprint density at radius 1 is 0.857 bits per heavy atom. The average Bonchev–Trinajstić information content (AvgIpc) is 2.66. The molecule has 11 heteroatoms. The van der Waals surface area contributed by atoms with E-state index in [0.29, 0.717) is 20.0 Å². The number of hydrazine groups is 2. The molecule has 4 N–H and O–H groups in total. The number of nitrogens with zero attached hydrogens (tertiary/aromatic N) is 1. The molecule has 1 rings (SSSR count). The molecule has 0 radical (unpaired) electrons. The van der Waals surface area contributed by atoms with Gasteiger partial charge in [-0.25, -0.2) is 0 Å². The van der Waals surface area contributed by atoms with Crippen molar-refractivity contribution in [3.05, 3.63) is 28.6 Å². The van der Waals surface area contributed by atoms with Crippen molar-refractivity contribution in [2.45, 2.75) is 40.5 Å². The second-order valence-electron chi connectivity index (χ2n) is 5.68. The number of thioether (sulfide) groups is 2. The number of thiocarbonyl (C=S) groups is 2. The zero-order valence-electron chi connectivity index (χ0n) is 16.3. The maximum Gasteiger partial charge on any atom is 0.271 e. The van der Waals surface area contributed by atoms with E-state index in [2.05, 4.69) is 26.7 Å². The Morgan fingerprint density at radius 3 is 1.61 bits per heavy atom. The summed E-state index contributed by atoms with van der Waals surface area (Å²) in [6.45, 7) is 7.52. The average molecular weight is 460 g/mol. The summed E-state index contributed by atoms with van der Waals surface area (Å²) >= 11 is 13.2. The molecule has 28 heavy (non-hydrogen) atoms. The van der Waals surface area contributed by atoms with Gasteiger partial charge in [0.05, 0.1) is 22.5 Å². The third kappa shape index (κ3) is 8.29. The maximum atomic E-state index is 12.5. The van der Waals surface area contributed by atoms with Gasteiger partial charge in [0.25, 0.3) is 11.8 Å². The van der Waals surface area contributed by atoms with E-state index in [4.69, 9.17) is 24.4 Å². The fourth-order valence-corrected chi connectivity index (χ4v) is 3.62. The molecule has 0 aliphatic heterocycles. The van der Waals surface area contributed by atoms with Crippen molar-refractivity contribution in [1.29, 1.82) is 0 Å². The Labute approximate surface area is 184 Å². The number of amides is 2. The zero-order chi connectivity index (χ0) is 21.1. The molecule has 1 aromatic heterocycles. The molecule has 0 bridgehead atoms. The normalized spacial score (nSPS) is 10.1. The first kappa shape index (κ1) is 24.6. The largest absolute Gasteiger partial charge is 0.283 e. The molecule has 1 aromatic rings. The van der Waals surface area contributed by atoms with Gasteiger partial charge in [0.2, 0.25) is 0 Å². The van der Waals surface area contributed by atoms with Gasteiger partial charge in [-0.2, -0.15) is 0 Å². The summed E-state index contributed by atoms with van der Waals surface area (Å²) in [5.41, 5.74) is 12.1. The van der Waals surface area contributed by atoms with Crippen LogP contribution >= 0.6 is 48.0 Å². The highest BCUT2D eigenvalue weighted by Crippen LogP contribution is 2.13. The van der Waals surface area contributed by atoms with E-state index in [-0.39, 0.29) is 11.1 Å². The van der Waals surface area contributed by atoms with E-state index in [9.17, 15) is 9.59 Å². The molecule has 7 nitrogen and oxygen atoms in total. The molecule has 0 saturated carbocycles. The summed E-state index contributed by atoms with van der Waals surface area (Å²) < 4.78 is 0.960. The first-order chi connectivity index (χ1) is 13.3. The van der Waals surface area contributed by atoms with Gasteiger partial charge in [-0.3, -0.25) is 36.3 Å². The summed E-state index contributed by atoms with van der Waals surface area (Å²) in [5, 5.41) is 0. The third-order valence-corrected chi connectivity index (χ3v) is 6.19. The summed E-state index contributed by atoms with van der Waals surface area (Å²) in [4.78, 5) is 29.2. The Balaban J connectivity index is 2.79. The van der Waals surface area contributed by atoms with Gasteiger partial charge in [-0.15, -0.1) is 0 Å². The van der Waals surface area contributed by atoms with E-state index in [0.717, 1.165) is 24.3 Å². The van der Waals surface area contributed by atoms with Gasteiger partial charge in [0.15, 0.2) is 8.64 Å². The van der Waals surface area contributed by atoms with Crippen molar-refractivity contribution in [3.63, 3.8) is 0 Å². The highest BCUT2D eigenvalue weighted by atomic mass is 32.2. The second-order valence-corrected chi connectivity index (χ2v) is 9.23. The molecule has 0 aliphatic carbocycles. The first-order valence-corrected chi connectivity index (χ1v) is 11.5. The van der Waals surface area contributed by atoms with Crippen LogP contribution in [0.5, 0.6) is 0 Å². The van der Waals surface area contributed by atoms with Crippen LogP contribution in [0.4, 0.5) is 0 Å². The molecular formula is C17H25N5O2S4. The molecule has 1 heterocycles. The topological polar surface area (TPSA) is 95.1 Å². The number of hydrogen-bond acceptors (Lipinski definition) is 7. The smallest absolute Gasteiger partial charge is 0.271 e. The quantitative estimate of drug-likeness (QED) is 0.378. The number of aryl methyl sites for hydroxylation is 2. The van der Waals surface area contributed by atoms with Crippen LogP contribution in [0.3, 0.4) is 0 Å². The van der Waals surface area contributed by atoms with Gasteiger partial charge >= 0.3 is 0 Å². The van der Waals surface area contributed by atoms with Crippen LogP contribution in [0, 0.1) is 13.8 Å². The van der Waals surface area contributed by atoms with E-state index < -0.39 is 11.8 Å². The fraction of sp³-hybridized carbons (Fsp3) is 0.471. The van der Waals surface area contributed by atoms with Crippen LogP contribution < -0.4 is 21.7 Å². The van der Waals surface area contributed by atoms with Crippen molar-refractivity contribution in [2.24, 2.45) is 0 Å². The van der Waals surface area contributed by atoms with E-state index >= 15 is 0 Å². The number of nitrogens with one attached hydrogen (secondary N) is 4. The van der Waals surface area contributed by atoms with Crippen molar-refractivity contribution in [2.75, 3.05) is 11.5 Å². The van der Waals surface area contributed by atoms with Crippen LogP contribution in [0.15, 0.2) is 6.07 Å². The van der Waals surface area contributed by atoms with Crippen molar-refractivity contribution >= 4 is 68.4 Å². The van der Waals surface area contributed by atoms with Gasteiger partial charge in [0, 0.05) is 11.5 Å². The standard InChI is InChI=1S/C17H25N5O2S4/c1-5-7-27-16(25)21-19-14(23)12-9-13(11(4)18-10(12)3)15(24)20-22-17(26)28-8-6-2/h9H,5-8H2,1-4H3,(H,19,23)(H,20,24)(H,21,25)(H,22,26). The summed E-state index contributed by atoms with van der Waals surface area (Å²) in [7, 11) is 0. The molecule has 0 aromatic carbocycles. The van der Waals surface area contributed by atoms with Crippen LogP contribution in [0.2, 0.25) is 0 Å². The second kappa shape index (κ2) is 12.9. The third-order valence-electron chi connectivity index (χ3n) is 3.32. The number of pyridine rings is 1. The summed E-state index contributed by atoms with van der Waals surface area (Å²) in [5.74, 6) is 0.895. The molecule has 0 atom stereocenters. The first-order valence-electron chi connectivity index (χ1n) is 8.74. The highest BCUT2D eigenvalue weighted by Gasteiger charge is 2.18. The minimum atomic E-state index is -0.416. The van der Waals surface area contributed by atoms with Crippen LogP contribution in [0.25, 0.3) is 0 Å². The number of carbonyl (C=O) groups is 2. The molecule has 0 aliphatic rings. The Morgan fingerprint density at radius 2 is 1.25 bits per heavy atom. The van der Waals surface area contributed by atoms with Crippen LogP contribution in [-0.4, -0.2) is 36.9 Å². The number of rotatable bonds is 6. The van der Waals surface area contributed by atoms with E-state index in [1.54, 1.807) is 13.8 Å². The molecule has 0 saturated heterocycles. The van der Waals surface area contributed by atoms with Gasteiger partial charge in [0.1, 0.15) is 0 Å². The Hall–Kier alpha value is -1.43. The van der Waals surface area contributed by atoms with Crippen molar-refractivity contribution in [1.82, 2.24) is 26.7 Å². The minimum absolute atomic E-state index is 0.287. The molecule has 154 valence electrons. The Kier molecular flexibility index (Phi) is 11.4. The van der Waals surface area contributed by atoms with Crippen LogP contribution in [0.1, 0.15) is 58.8 Å². The van der Waals surface area contributed by atoms with Gasteiger partial charge in [-0.05, 0) is 32.8 Å².